The lowest BCUT2D eigenvalue weighted by Crippen LogP contribution is -2.30. The van der Waals surface area contributed by atoms with Gasteiger partial charge in [-0.15, -0.1) is 0 Å². The number of methoxy groups -OCH3 is 1. The van der Waals surface area contributed by atoms with Crippen LogP contribution in [0.25, 0.3) is 0 Å². The average Bonchev–Trinajstić information content (AvgIpc) is 2.45. The summed E-state index contributed by atoms with van der Waals surface area (Å²) < 4.78 is 5.23. The average molecular weight is 291 g/mol. The first-order chi connectivity index (χ1) is 9.63. The Kier molecular flexibility index (Phi) is 5.01. The Bertz CT molecular complexity index is 586. The fraction of sp³-hybridized carbons (Fsp3) is 0.250. The molecule has 3 nitrogen and oxygen atoms in total. The van der Waals surface area contributed by atoms with E-state index < -0.39 is 0 Å². The number of halogens is 1. The number of hydrazine groups is 1. The molecule has 0 saturated carbocycles. The predicted molar refractivity (Wildman–Crippen MR) is 83.0 cm³/mol. The minimum atomic E-state index is 0.0411. The van der Waals surface area contributed by atoms with E-state index in [1.165, 1.54) is 0 Å². The largest absolute Gasteiger partial charge is 0.497 e. The Balaban J connectivity index is 2.24. The van der Waals surface area contributed by atoms with Gasteiger partial charge in [0.25, 0.3) is 0 Å². The van der Waals surface area contributed by atoms with Gasteiger partial charge in [0.1, 0.15) is 5.75 Å². The number of hydrogen-bond donors (Lipinski definition) is 2. The molecule has 2 aromatic rings. The monoisotopic (exact) mass is 290 g/mol. The van der Waals surface area contributed by atoms with Crippen molar-refractivity contribution in [1.82, 2.24) is 5.43 Å². The third kappa shape index (κ3) is 3.51. The zero-order chi connectivity index (χ0) is 14.5. The minimum absolute atomic E-state index is 0.0411. The summed E-state index contributed by atoms with van der Waals surface area (Å²) >= 11 is 6.02. The molecule has 0 aliphatic rings. The third-order valence-electron chi connectivity index (χ3n) is 3.38. The van der Waals surface area contributed by atoms with E-state index in [1.54, 1.807) is 7.11 Å². The quantitative estimate of drug-likeness (QED) is 0.655. The van der Waals surface area contributed by atoms with Gasteiger partial charge in [0, 0.05) is 5.02 Å². The summed E-state index contributed by atoms with van der Waals surface area (Å²) in [7, 11) is 1.67. The van der Waals surface area contributed by atoms with Crippen molar-refractivity contribution < 1.29 is 4.74 Å². The molecular weight excluding hydrogens is 272 g/mol. The summed E-state index contributed by atoms with van der Waals surface area (Å²) in [6.45, 7) is 2.06. The van der Waals surface area contributed by atoms with Crippen molar-refractivity contribution in [3.8, 4) is 5.75 Å². The lowest BCUT2D eigenvalue weighted by atomic mass is 9.95. The van der Waals surface area contributed by atoms with E-state index in [-0.39, 0.29) is 6.04 Å². The van der Waals surface area contributed by atoms with Gasteiger partial charge in [-0.1, -0.05) is 29.8 Å². The van der Waals surface area contributed by atoms with Crippen LogP contribution in [0.5, 0.6) is 5.75 Å². The topological polar surface area (TPSA) is 47.3 Å². The van der Waals surface area contributed by atoms with Gasteiger partial charge in [-0.25, -0.2) is 0 Å². The second-order valence-corrected chi connectivity index (χ2v) is 5.21. The van der Waals surface area contributed by atoms with Gasteiger partial charge in [0.2, 0.25) is 0 Å². The number of nitrogens with one attached hydrogen (secondary N) is 1. The maximum Gasteiger partial charge on any atom is 0.119 e. The van der Waals surface area contributed by atoms with E-state index in [0.29, 0.717) is 0 Å². The number of nitrogens with two attached hydrogens (primary N) is 1. The Morgan fingerprint density at radius 3 is 2.65 bits per heavy atom. The second kappa shape index (κ2) is 6.75. The SMILES string of the molecule is COc1ccc(C(Cc2cccc(Cl)c2)NN)c(C)c1. The van der Waals surface area contributed by atoms with Gasteiger partial charge in [-0.3, -0.25) is 11.3 Å². The smallest absolute Gasteiger partial charge is 0.119 e. The minimum Gasteiger partial charge on any atom is -0.497 e. The molecule has 1 atom stereocenters. The zero-order valence-corrected chi connectivity index (χ0v) is 12.4. The first kappa shape index (κ1) is 14.9. The van der Waals surface area contributed by atoms with Crippen LogP contribution in [0.15, 0.2) is 42.5 Å². The van der Waals surface area contributed by atoms with Crippen LogP contribution >= 0.6 is 11.6 Å². The molecule has 0 bridgehead atoms. The molecule has 0 aliphatic heterocycles. The maximum absolute atomic E-state index is 6.02. The van der Waals surface area contributed by atoms with Gasteiger partial charge in [-0.05, 0) is 54.3 Å². The van der Waals surface area contributed by atoms with Crippen molar-refractivity contribution in [2.75, 3.05) is 7.11 Å². The summed E-state index contributed by atoms with van der Waals surface area (Å²) in [4.78, 5) is 0. The fourth-order valence-electron chi connectivity index (χ4n) is 2.32. The van der Waals surface area contributed by atoms with E-state index in [9.17, 15) is 0 Å². The van der Waals surface area contributed by atoms with Crippen molar-refractivity contribution >= 4 is 11.6 Å². The molecule has 3 N–H and O–H groups in total. The number of benzene rings is 2. The Morgan fingerprint density at radius 2 is 2.05 bits per heavy atom. The van der Waals surface area contributed by atoms with Crippen LogP contribution < -0.4 is 16.0 Å². The van der Waals surface area contributed by atoms with E-state index in [2.05, 4.69) is 18.4 Å². The van der Waals surface area contributed by atoms with Crippen LogP contribution in [0.2, 0.25) is 5.02 Å². The highest BCUT2D eigenvalue weighted by atomic mass is 35.5. The maximum atomic E-state index is 6.02. The van der Waals surface area contributed by atoms with Gasteiger partial charge >= 0.3 is 0 Å². The van der Waals surface area contributed by atoms with Crippen molar-refractivity contribution in [3.63, 3.8) is 0 Å². The number of hydrogen-bond acceptors (Lipinski definition) is 3. The molecule has 4 heteroatoms. The molecule has 0 radical (unpaired) electrons. The van der Waals surface area contributed by atoms with Crippen molar-refractivity contribution in [1.29, 1.82) is 0 Å². The lowest BCUT2D eigenvalue weighted by Gasteiger charge is -2.19. The molecule has 1 unspecified atom stereocenters. The highest BCUT2D eigenvalue weighted by molar-refractivity contribution is 6.30. The standard InChI is InChI=1S/C16H19ClN2O/c1-11-8-14(20-2)6-7-15(11)16(19-18)10-12-4-3-5-13(17)9-12/h3-9,16,19H,10,18H2,1-2H3. The summed E-state index contributed by atoms with van der Waals surface area (Å²) in [5.74, 6) is 6.57. The fourth-order valence-corrected chi connectivity index (χ4v) is 2.54. The van der Waals surface area contributed by atoms with Gasteiger partial charge in [-0.2, -0.15) is 0 Å². The summed E-state index contributed by atoms with van der Waals surface area (Å²) in [5, 5.41) is 0.740. The van der Waals surface area contributed by atoms with Crippen molar-refractivity contribution in [2.45, 2.75) is 19.4 Å². The Morgan fingerprint density at radius 1 is 1.25 bits per heavy atom. The zero-order valence-electron chi connectivity index (χ0n) is 11.7. The highest BCUT2D eigenvalue weighted by Crippen LogP contribution is 2.25. The van der Waals surface area contributed by atoms with Crippen LogP contribution in [-0.4, -0.2) is 7.11 Å². The van der Waals surface area contributed by atoms with Gasteiger partial charge < -0.3 is 4.74 Å². The molecule has 0 amide bonds. The predicted octanol–water partition coefficient (Wildman–Crippen LogP) is 3.40. The van der Waals surface area contributed by atoms with E-state index in [0.717, 1.165) is 33.9 Å². The summed E-state index contributed by atoms with van der Waals surface area (Å²) in [6.07, 6.45) is 0.782. The van der Waals surface area contributed by atoms with Gasteiger partial charge in [0.05, 0.1) is 13.2 Å². The molecule has 0 saturated heterocycles. The molecule has 106 valence electrons. The number of ether oxygens (including phenoxy) is 1. The van der Waals surface area contributed by atoms with E-state index in [4.69, 9.17) is 22.2 Å². The van der Waals surface area contributed by atoms with Crippen LogP contribution in [0.3, 0.4) is 0 Å². The first-order valence-electron chi connectivity index (χ1n) is 6.49. The van der Waals surface area contributed by atoms with Crippen molar-refractivity contribution in [2.24, 2.45) is 5.84 Å². The molecule has 2 rings (SSSR count). The van der Waals surface area contributed by atoms with Crippen molar-refractivity contribution in [3.05, 3.63) is 64.2 Å². The Labute approximate surface area is 124 Å². The number of aryl methyl sites for hydroxylation is 1. The van der Waals surface area contributed by atoms with E-state index in [1.807, 2.05) is 36.4 Å². The summed E-state index contributed by atoms with van der Waals surface area (Å²) in [5.41, 5.74) is 6.34. The van der Waals surface area contributed by atoms with Crippen LogP contribution in [0.4, 0.5) is 0 Å². The van der Waals surface area contributed by atoms with E-state index >= 15 is 0 Å². The first-order valence-corrected chi connectivity index (χ1v) is 6.87. The normalized spacial score (nSPS) is 12.2. The molecule has 20 heavy (non-hydrogen) atoms. The van der Waals surface area contributed by atoms with Gasteiger partial charge in [0.15, 0.2) is 0 Å². The molecule has 0 spiro atoms. The molecule has 0 aliphatic carbocycles. The molecule has 0 heterocycles. The molecule has 0 fully saturated rings. The molecular formula is C16H19ClN2O. The Hall–Kier alpha value is -1.55. The third-order valence-corrected chi connectivity index (χ3v) is 3.62. The second-order valence-electron chi connectivity index (χ2n) is 4.78. The van der Waals surface area contributed by atoms with Crippen LogP contribution in [0.1, 0.15) is 22.7 Å². The van der Waals surface area contributed by atoms with Crippen LogP contribution in [0, 0.1) is 6.92 Å². The highest BCUT2D eigenvalue weighted by Gasteiger charge is 2.13. The summed E-state index contributed by atoms with van der Waals surface area (Å²) in [6, 6.07) is 13.9. The van der Waals surface area contributed by atoms with Crippen LogP contribution in [-0.2, 0) is 6.42 Å². The molecule has 2 aromatic carbocycles. The molecule has 0 aromatic heterocycles. The number of rotatable bonds is 5. The lowest BCUT2D eigenvalue weighted by molar-refractivity contribution is 0.414.